The second kappa shape index (κ2) is 5.09. The summed E-state index contributed by atoms with van der Waals surface area (Å²) < 4.78 is 0. The summed E-state index contributed by atoms with van der Waals surface area (Å²) in [5.41, 5.74) is 11.3. The van der Waals surface area contributed by atoms with E-state index in [-0.39, 0.29) is 24.8 Å². The van der Waals surface area contributed by atoms with Gasteiger partial charge in [-0.05, 0) is 5.56 Å². The monoisotopic (exact) mass is 261 g/mol. The fourth-order valence-electron chi connectivity index (χ4n) is 2.38. The molecule has 1 heterocycles. The maximum atomic E-state index is 11.9. The van der Waals surface area contributed by atoms with Crippen LogP contribution in [0.15, 0.2) is 30.3 Å². The van der Waals surface area contributed by atoms with Crippen molar-refractivity contribution >= 4 is 17.7 Å². The van der Waals surface area contributed by atoms with E-state index in [1.807, 2.05) is 30.3 Å². The van der Waals surface area contributed by atoms with Gasteiger partial charge in [-0.2, -0.15) is 0 Å². The maximum absolute atomic E-state index is 11.9. The van der Waals surface area contributed by atoms with Gasteiger partial charge in [0.1, 0.15) is 0 Å². The van der Waals surface area contributed by atoms with Crippen LogP contribution in [-0.2, 0) is 14.4 Å². The van der Waals surface area contributed by atoms with Crippen molar-refractivity contribution in [1.82, 2.24) is 4.90 Å². The highest BCUT2D eigenvalue weighted by atomic mass is 16.2. The lowest BCUT2D eigenvalue weighted by atomic mass is 9.98. The van der Waals surface area contributed by atoms with Crippen molar-refractivity contribution in [2.75, 3.05) is 6.54 Å². The van der Waals surface area contributed by atoms with E-state index in [9.17, 15) is 14.4 Å². The van der Waals surface area contributed by atoms with Gasteiger partial charge in [-0.25, -0.2) is 0 Å². The molecule has 0 aliphatic carbocycles. The van der Waals surface area contributed by atoms with Crippen molar-refractivity contribution in [2.24, 2.45) is 11.5 Å². The molecule has 0 bridgehead atoms. The zero-order chi connectivity index (χ0) is 14.0. The van der Waals surface area contributed by atoms with Crippen molar-refractivity contribution in [1.29, 1.82) is 0 Å². The number of likely N-dealkylation sites (tertiary alicyclic amines) is 1. The maximum Gasteiger partial charge on any atom is 0.250 e. The number of nitrogens with zero attached hydrogens (tertiary/aromatic N) is 1. The van der Waals surface area contributed by atoms with Gasteiger partial charge in [0.05, 0.1) is 0 Å². The normalized spacial score (nSPS) is 18.9. The molecular formula is C13H15N3O3. The summed E-state index contributed by atoms with van der Waals surface area (Å²) in [5.74, 6) is -2.12. The third kappa shape index (κ3) is 2.57. The van der Waals surface area contributed by atoms with Crippen molar-refractivity contribution in [2.45, 2.75) is 18.4 Å². The molecule has 6 heteroatoms. The molecule has 1 fully saturated rings. The molecule has 2 rings (SSSR count). The van der Waals surface area contributed by atoms with Crippen LogP contribution in [0.25, 0.3) is 0 Å². The molecule has 0 aromatic heterocycles. The smallest absolute Gasteiger partial charge is 0.250 e. The minimum atomic E-state index is -1.36. The van der Waals surface area contributed by atoms with E-state index in [0.717, 1.165) is 5.56 Å². The minimum absolute atomic E-state index is 0.0464. The number of carbonyl (C=O) groups excluding carboxylic acids is 3. The predicted molar refractivity (Wildman–Crippen MR) is 67.7 cm³/mol. The fourth-order valence-corrected chi connectivity index (χ4v) is 2.38. The standard InChI is InChI=1S/C13H15N3O3/c14-12(18)11(13(15)19)16-7-9(6-10(16)17)8-4-2-1-3-5-8/h1-5,9,11H,6-7H2,(H2,14,18)(H2,15,19). The van der Waals surface area contributed by atoms with E-state index in [1.54, 1.807) is 0 Å². The number of carbonyl (C=O) groups is 3. The lowest BCUT2D eigenvalue weighted by Gasteiger charge is -2.22. The molecular weight excluding hydrogens is 246 g/mol. The first-order valence-electron chi connectivity index (χ1n) is 5.93. The van der Waals surface area contributed by atoms with Crippen LogP contribution < -0.4 is 11.5 Å². The van der Waals surface area contributed by atoms with Gasteiger partial charge in [0.15, 0.2) is 6.04 Å². The van der Waals surface area contributed by atoms with Gasteiger partial charge in [0, 0.05) is 18.9 Å². The first kappa shape index (κ1) is 13.1. The highest BCUT2D eigenvalue weighted by Crippen LogP contribution is 2.29. The first-order chi connectivity index (χ1) is 9.00. The van der Waals surface area contributed by atoms with E-state index in [2.05, 4.69) is 0 Å². The van der Waals surface area contributed by atoms with Crippen LogP contribution in [-0.4, -0.2) is 35.2 Å². The number of nitrogens with two attached hydrogens (primary N) is 2. The summed E-state index contributed by atoms with van der Waals surface area (Å²) in [6.07, 6.45) is 0.251. The summed E-state index contributed by atoms with van der Waals surface area (Å²) in [7, 11) is 0. The third-order valence-corrected chi connectivity index (χ3v) is 3.28. The number of primary amides is 2. The van der Waals surface area contributed by atoms with Crippen LogP contribution in [0.3, 0.4) is 0 Å². The Bertz CT molecular complexity index is 501. The SMILES string of the molecule is NC(=O)C(C(N)=O)N1CC(c2ccccc2)CC1=O. The van der Waals surface area contributed by atoms with Gasteiger partial charge >= 0.3 is 0 Å². The van der Waals surface area contributed by atoms with Crippen LogP contribution in [0.2, 0.25) is 0 Å². The molecule has 6 nitrogen and oxygen atoms in total. The van der Waals surface area contributed by atoms with Crippen molar-refractivity contribution < 1.29 is 14.4 Å². The van der Waals surface area contributed by atoms with E-state index in [1.165, 1.54) is 4.90 Å². The quantitative estimate of drug-likeness (QED) is 0.703. The van der Waals surface area contributed by atoms with Crippen LogP contribution in [0.5, 0.6) is 0 Å². The molecule has 0 radical (unpaired) electrons. The van der Waals surface area contributed by atoms with Crippen molar-refractivity contribution in [3.8, 4) is 0 Å². The molecule has 100 valence electrons. The summed E-state index contributed by atoms with van der Waals surface area (Å²) in [6.45, 7) is 0.277. The molecule has 4 N–H and O–H groups in total. The topological polar surface area (TPSA) is 106 Å². The van der Waals surface area contributed by atoms with Gasteiger partial charge in [-0.15, -0.1) is 0 Å². The number of rotatable bonds is 4. The van der Waals surface area contributed by atoms with Gasteiger partial charge in [0.2, 0.25) is 17.7 Å². The number of benzene rings is 1. The van der Waals surface area contributed by atoms with Gasteiger partial charge in [0.25, 0.3) is 0 Å². The van der Waals surface area contributed by atoms with Crippen LogP contribution >= 0.6 is 0 Å². The van der Waals surface area contributed by atoms with Crippen LogP contribution in [0.1, 0.15) is 17.9 Å². The molecule has 1 unspecified atom stereocenters. The van der Waals surface area contributed by atoms with Crippen LogP contribution in [0.4, 0.5) is 0 Å². The highest BCUT2D eigenvalue weighted by molar-refractivity contribution is 6.06. The number of hydrogen-bond acceptors (Lipinski definition) is 3. The molecule has 19 heavy (non-hydrogen) atoms. The molecule has 0 spiro atoms. The Kier molecular flexibility index (Phi) is 3.50. The zero-order valence-corrected chi connectivity index (χ0v) is 10.3. The molecule has 1 aromatic carbocycles. The van der Waals surface area contributed by atoms with E-state index >= 15 is 0 Å². The summed E-state index contributed by atoms with van der Waals surface area (Å²) in [6, 6.07) is 8.09. The third-order valence-electron chi connectivity index (χ3n) is 3.28. The summed E-state index contributed by atoms with van der Waals surface area (Å²) in [4.78, 5) is 35.6. The average Bonchev–Trinajstić information content (AvgIpc) is 2.72. The zero-order valence-electron chi connectivity index (χ0n) is 10.3. The van der Waals surface area contributed by atoms with Crippen molar-refractivity contribution in [3.05, 3.63) is 35.9 Å². The Balaban J connectivity index is 2.20. The van der Waals surface area contributed by atoms with Gasteiger partial charge in [-0.3, -0.25) is 14.4 Å². The van der Waals surface area contributed by atoms with Gasteiger partial charge < -0.3 is 16.4 Å². The highest BCUT2D eigenvalue weighted by Gasteiger charge is 2.40. The van der Waals surface area contributed by atoms with Crippen LogP contribution in [0, 0.1) is 0 Å². The predicted octanol–water partition coefficient (Wildman–Crippen LogP) is -0.658. The van der Waals surface area contributed by atoms with Gasteiger partial charge in [-0.1, -0.05) is 30.3 Å². The average molecular weight is 261 g/mol. The number of hydrogen-bond donors (Lipinski definition) is 2. The Labute approximate surface area is 110 Å². The molecule has 1 aromatic rings. The minimum Gasteiger partial charge on any atom is -0.367 e. The Morgan fingerprint density at radius 1 is 1.16 bits per heavy atom. The Morgan fingerprint density at radius 2 is 1.74 bits per heavy atom. The Morgan fingerprint density at radius 3 is 2.26 bits per heavy atom. The summed E-state index contributed by atoms with van der Waals surface area (Å²) in [5, 5.41) is 0. The fraction of sp³-hybridized carbons (Fsp3) is 0.308. The first-order valence-corrected chi connectivity index (χ1v) is 5.93. The van der Waals surface area contributed by atoms with E-state index in [4.69, 9.17) is 11.5 Å². The second-order valence-corrected chi connectivity index (χ2v) is 4.57. The Hall–Kier alpha value is -2.37. The lowest BCUT2D eigenvalue weighted by molar-refractivity contribution is -0.142. The molecule has 1 atom stereocenters. The van der Waals surface area contributed by atoms with E-state index < -0.39 is 17.9 Å². The van der Waals surface area contributed by atoms with E-state index in [0.29, 0.717) is 0 Å². The molecule has 3 amide bonds. The molecule has 1 saturated heterocycles. The molecule has 0 saturated carbocycles. The lowest BCUT2D eigenvalue weighted by Crippen LogP contribution is -2.53. The molecule has 1 aliphatic heterocycles. The van der Waals surface area contributed by atoms with Crippen molar-refractivity contribution in [3.63, 3.8) is 0 Å². The second-order valence-electron chi connectivity index (χ2n) is 4.57. The summed E-state index contributed by atoms with van der Waals surface area (Å²) >= 11 is 0. The largest absolute Gasteiger partial charge is 0.367 e. The molecule has 1 aliphatic rings. The number of amides is 3.